The lowest BCUT2D eigenvalue weighted by Gasteiger charge is -2.34. The number of carbonyl (C=O) groups is 9. The normalized spacial score (nSPS) is 15.6. The molecule has 4 saturated heterocycles. The van der Waals surface area contributed by atoms with Crippen LogP contribution in [-0.4, -0.2) is 320 Å². The third-order valence-electron chi connectivity index (χ3n) is 24.3. The molecule has 700 valence electrons. The molecule has 4 fully saturated rings. The van der Waals surface area contributed by atoms with Crippen LogP contribution in [0.25, 0.3) is 44.8 Å². The van der Waals surface area contributed by atoms with E-state index in [4.69, 9.17) is 30.4 Å². The molecule has 6 aliphatic heterocycles. The number of alkyl carbamates (subject to hydrolysis) is 1. The summed E-state index contributed by atoms with van der Waals surface area (Å²) >= 11 is 0. The number of benzene rings is 6. The van der Waals surface area contributed by atoms with Gasteiger partial charge in [0.15, 0.2) is 0 Å². The number of fused-ring (bicyclic) bond motifs is 4. The number of likely N-dealkylation sites (tertiary alicyclic amines) is 2. The summed E-state index contributed by atoms with van der Waals surface area (Å²) in [5.74, 6) is -0.543. The molecule has 6 aromatic carbocycles. The van der Waals surface area contributed by atoms with Crippen LogP contribution >= 0.6 is 0 Å². The Hall–Kier alpha value is -13.4. The molecule has 38 heteroatoms. The Balaban J connectivity index is 0.000000204. The maximum atomic E-state index is 13.2. The number of piperidine rings is 2. The van der Waals surface area contributed by atoms with E-state index in [-0.39, 0.29) is 74.7 Å². The van der Waals surface area contributed by atoms with Gasteiger partial charge in [-0.15, -0.1) is 10.2 Å². The van der Waals surface area contributed by atoms with Gasteiger partial charge >= 0.3 is 6.09 Å². The van der Waals surface area contributed by atoms with Crippen LogP contribution in [0.4, 0.5) is 16.2 Å². The molecule has 13 N–H and O–H groups in total. The molecule has 10 heterocycles. The van der Waals surface area contributed by atoms with E-state index in [9.17, 15) is 43.2 Å². The number of nitrogens with two attached hydrogens (primary N) is 1. The second kappa shape index (κ2) is 45.6. The van der Waals surface area contributed by atoms with Crippen molar-refractivity contribution in [2.45, 2.75) is 104 Å². The largest absolute Gasteiger partial charge is 0.444 e. The summed E-state index contributed by atoms with van der Waals surface area (Å²) < 4.78 is 8.60. The number of aromatic nitrogens is 10. The molecular weight excluding hydrogens is 1690 g/mol. The number of carbonyl (C=O) groups excluding carboxylic acids is 9. The number of H-pyrrole nitrogens is 2. The molecule has 6 aliphatic rings. The van der Waals surface area contributed by atoms with Gasteiger partial charge < -0.3 is 78.1 Å². The van der Waals surface area contributed by atoms with Crippen molar-refractivity contribution in [1.29, 1.82) is 0 Å². The summed E-state index contributed by atoms with van der Waals surface area (Å²) in [7, 11) is 0. The lowest BCUT2D eigenvalue weighted by molar-refractivity contribution is -0.125. The van der Waals surface area contributed by atoms with Gasteiger partial charge in [0.25, 0.3) is 23.6 Å². The number of hydrogen-bond donors (Lipinski definition) is 12. The van der Waals surface area contributed by atoms with Gasteiger partial charge in [-0.25, -0.2) is 14.8 Å². The van der Waals surface area contributed by atoms with E-state index >= 15 is 0 Å². The standard InChI is InChI=1S/C50H64N14O6.C45H56N14O4/c1-50(2,3)70-49(69)55-32-45(66)54-31-44(65)53-30-39-33-64(60-59-39)26-25-63-23-21-62(22-24-63)20-16-52-48(68)37-12-14-41-43(28-37)58-46(57-41)35-9-7-34(8-10-35)42-29-38-27-36(11-13-40(38)56-42)47(67)51-15-19-61-17-5-4-6-18-61;46-27-41(60)50-29-42(61)49-28-36-30-59(55-54-36)23-22-58-20-18-57(19-21-58)17-13-48-45(63)34-9-11-38-40(25-34)53-43(52-38)32-6-4-31(5-7-32)39-26-35-24-33(8-10-37(35)51-39)44(62)47-12-16-56-14-2-1-3-15-56/h7-14,27-28,33H,4-6,15-26,29-32H2,1-3H3,(H,51,67)(H,52,68)(H,53,65)(H,54,66)(H,55,69)(H,57,58);4-11,24-25,30H,1-3,12-23,26-29,46H2,(H,47,62)(H,48,63)(H,49,61)(H,50,60)(H,52,53). The summed E-state index contributed by atoms with van der Waals surface area (Å²) in [6.45, 7) is 24.9. The van der Waals surface area contributed by atoms with E-state index in [2.05, 4.69) is 132 Å². The van der Waals surface area contributed by atoms with Crippen LogP contribution in [0, 0.1) is 0 Å². The van der Waals surface area contributed by atoms with E-state index < -0.39 is 23.5 Å². The van der Waals surface area contributed by atoms with Crippen LogP contribution in [0.2, 0.25) is 0 Å². The number of nitrogens with one attached hydrogen (secondary N) is 11. The zero-order valence-corrected chi connectivity index (χ0v) is 75.9. The average Bonchev–Trinajstić information content (AvgIpc) is 1.65. The third kappa shape index (κ3) is 27.4. The maximum absolute atomic E-state index is 13.2. The van der Waals surface area contributed by atoms with Gasteiger partial charge in [-0.1, -0.05) is 71.8 Å². The molecule has 9 amide bonds. The predicted octanol–water partition coefficient (Wildman–Crippen LogP) is 4.47. The Morgan fingerprint density at radius 2 is 0.722 bits per heavy atom. The van der Waals surface area contributed by atoms with Crippen molar-refractivity contribution in [3.8, 4) is 22.8 Å². The minimum absolute atomic E-state index is 0.0414. The van der Waals surface area contributed by atoms with Crippen LogP contribution in [0.5, 0.6) is 0 Å². The second-order valence-electron chi connectivity index (χ2n) is 35.3. The van der Waals surface area contributed by atoms with Crippen LogP contribution < -0.4 is 53.6 Å². The van der Waals surface area contributed by atoms with Crippen LogP contribution in [0.1, 0.15) is 134 Å². The minimum Gasteiger partial charge on any atom is -0.444 e. The smallest absolute Gasteiger partial charge is 0.408 e. The van der Waals surface area contributed by atoms with Gasteiger partial charge in [-0.3, -0.25) is 77.3 Å². The molecule has 4 aromatic heterocycles. The van der Waals surface area contributed by atoms with E-state index in [0.29, 0.717) is 91.6 Å². The monoisotopic (exact) mass is 1810 g/mol. The molecule has 38 nitrogen and oxygen atoms in total. The second-order valence-corrected chi connectivity index (χ2v) is 35.3. The van der Waals surface area contributed by atoms with Gasteiger partial charge in [0.2, 0.25) is 23.6 Å². The highest BCUT2D eigenvalue weighted by Gasteiger charge is 2.27. The van der Waals surface area contributed by atoms with Crippen molar-refractivity contribution in [2.24, 2.45) is 15.7 Å². The van der Waals surface area contributed by atoms with E-state index in [1.165, 1.54) is 38.5 Å². The van der Waals surface area contributed by atoms with E-state index in [0.717, 1.165) is 202 Å². The fourth-order valence-corrected chi connectivity index (χ4v) is 16.8. The number of ether oxygens (including phenoxy) is 1. The third-order valence-corrected chi connectivity index (χ3v) is 24.3. The number of piperazine rings is 2. The first-order chi connectivity index (χ1) is 64.5. The Morgan fingerprint density at radius 1 is 0.376 bits per heavy atom. The van der Waals surface area contributed by atoms with Gasteiger partial charge in [0, 0.05) is 164 Å². The summed E-state index contributed by atoms with van der Waals surface area (Å²) in [6.07, 6.45) is 11.8. The highest BCUT2D eigenvalue weighted by molar-refractivity contribution is 6.09. The van der Waals surface area contributed by atoms with Crippen molar-refractivity contribution in [3.63, 3.8) is 0 Å². The molecular formula is C95H120N28O10. The predicted molar refractivity (Wildman–Crippen MR) is 504 cm³/mol. The lowest BCUT2D eigenvalue weighted by atomic mass is 10.0. The lowest BCUT2D eigenvalue weighted by Crippen LogP contribution is -2.49. The maximum Gasteiger partial charge on any atom is 0.408 e. The topological polar surface area (TPSA) is 460 Å². The molecule has 0 aliphatic carbocycles. The first-order valence-corrected chi connectivity index (χ1v) is 46.2. The number of nitrogens with zero attached hydrogens (tertiary/aromatic N) is 16. The number of aliphatic imine (C=N–C) groups is 2. The van der Waals surface area contributed by atoms with Crippen molar-refractivity contribution >= 4 is 98.2 Å². The van der Waals surface area contributed by atoms with Crippen molar-refractivity contribution in [2.75, 3.05) is 170 Å². The van der Waals surface area contributed by atoms with Gasteiger partial charge in [-0.2, -0.15) is 0 Å². The summed E-state index contributed by atoms with van der Waals surface area (Å²) in [5.41, 5.74) is 21.1. The summed E-state index contributed by atoms with van der Waals surface area (Å²) in [6, 6.07) is 38.9. The number of amides is 9. The van der Waals surface area contributed by atoms with Gasteiger partial charge in [0.05, 0.1) is 103 Å². The van der Waals surface area contributed by atoms with Crippen molar-refractivity contribution in [1.82, 2.24) is 127 Å². The first-order valence-electron chi connectivity index (χ1n) is 46.2. The first kappa shape index (κ1) is 94.3. The molecule has 0 bridgehead atoms. The van der Waals surface area contributed by atoms with E-state index in [1.807, 2.05) is 97.2 Å². The number of hydrogen-bond acceptors (Lipinski definition) is 25. The quantitative estimate of drug-likeness (QED) is 0.0255. The summed E-state index contributed by atoms with van der Waals surface area (Å²) in [5, 5.41) is 41.6. The molecule has 16 rings (SSSR count). The highest BCUT2D eigenvalue weighted by atomic mass is 16.6. The van der Waals surface area contributed by atoms with Crippen molar-refractivity contribution < 1.29 is 47.9 Å². The zero-order valence-electron chi connectivity index (χ0n) is 75.9. The molecule has 0 atom stereocenters. The van der Waals surface area contributed by atoms with Gasteiger partial charge in [-0.05, 0) is 168 Å². The fourth-order valence-electron chi connectivity index (χ4n) is 16.8. The fraction of sp³-hybridized carbons (Fsp3) is 0.442. The summed E-state index contributed by atoms with van der Waals surface area (Å²) in [4.78, 5) is 152. The number of rotatable bonds is 37. The molecule has 0 radical (unpaired) electrons. The van der Waals surface area contributed by atoms with Crippen LogP contribution in [0.3, 0.4) is 0 Å². The van der Waals surface area contributed by atoms with Gasteiger partial charge in [0.1, 0.15) is 35.2 Å². The number of imidazole rings is 2. The molecule has 0 unspecified atom stereocenters. The minimum atomic E-state index is -0.714. The Kier molecular flexibility index (Phi) is 32.4. The molecule has 133 heavy (non-hydrogen) atoms. The Morgan fingerprint density at radius 3 is 1.11 bits per heavy atom. The molecule has 10 aromatic rings. The highest BCUT2D eigenvalue weighted by Crippen LogP contribution is 2.34. The van der Waals surface area contributed by atoms with Crippen LogP contribution in [-0.2, 0) is 62.9 Å². The zero-order chi connectivity index (χ0) is 92.6. The van der Waals surface area contributed by atoms with Crippen molar-refractivity contribution in [3.05, 3.63) is 190 Å². The van der Waals surface area contributed by atoms with Crippen LogP contribution in [0.15, 0.2) is 144 Å². The molecule has 0 saturated carbocycles. The average molecular weight is 1810 g/mol. The van der Waals surface area contributed by atoms with E-state index in [1.54, 1.807) is 42.4 Å². The Bertz CT molecular complexity index is 5810. The number of aromatic amines is 2. The Labute approximate surface area is 771 Å². The SMILES string of the molecule is CC(C)(C)OC(=O)NCC(=O)NCC(=O)NCc1cn(CCN2CCN(CCNC(=O)c3ccc4nc(-c5ccc(C6=Nc7ccc(C(=O)NCCN8CCCCC8)cc7C6)cc5)[nH]c4c3)CC2)nn1.NCC(=O)NCC(=O)NCc1cn(CCN2CCN(CCNC(=O)c3ccc4nc(-c5ccc(C6=Nc7ccc(C(=O)NCCN8CCCCC8)cc7C6)cc5)[nH]c4c3)CC2)nn1. The molecule has 0 spiro atoms.